The second-order valence-electron chi connectivity index (χ2n) is 5.51. The van der Waals surface area contributed by atoms with Crippen LogP contribution in [0, 0.1) is 12.7 Å². The van der Waals surface area contributed by atoms with Crippen molar-refractivity contribution in [2.75, 3.05) is 0 Å². The molecule has 0 radical (unpaired) electrons. The first-order chi connectivity index (χ1) is 11.6. The Morgan fingerprint density at radius 1 is 1.08 bits per heavy atom. The fourth-order valence-electron chi connectivity index (χ4n) is 2.39. The smallest absolute Gasteiger partial charge is 0.260 e. The summed E-state index contributed by atoms with van der Waals surface area (Å²) >= 11 is 0. The Labute approximate surface area is 139 Å². The predicted octanol–water partition coefficient (Wildman–Crippen LogP) is 3.32. The normalized spacial score (nSPS) is 10.6. The first-order valence-corrected chi connectivity index (χ1v) is 7.60. The average molecular weight is 324 g/mol. The van der Waals surface area contributed by atoms with Crippen LogP contribution in [0.25, 0.3) is 0 Å². The minimum absolute atomic E-state index is 0.197. The molecule has 1 heterocycles. The minimum Gasteiger partial charge on any atom is -0.472 e. The maximum absolute atomic E-state index is 13.3. The molecule has 0 spiro atoms. The molecule has 2 aromatic carbocycles. The van der Waals surface area contributed by atoms with Gasteiger partial charge < -0.3 is 4.74 Å². The highest BCUT2D eigenvalue weighted by atomic mass is 19.1. The Bertz CT molecular complexity index is 891. The zero-order valence-electron chi connectivity index (χ0n) is 13.3. The van der Waals surface area contributed by atoms with Crippen molar-refractivity contribution in [3.8, 4) is 5.88 Å². The van der Waals surface area contributed by atoms with Crippen LogP contribution >= 0.6 is 0 Å². The van der Waals surface area contributed by atoms with Gasteiger partial charge in [0.25, 0.3) is 5.56 Å². The second kappa shape index (κ2) is 7.08. The van der Waals surface area contributed by atoms with Crippen LogP contribution < -0.4 is 10.3 Å². The van der Waals surface area contributed by atoms with Crippen molar-refractivity contribution in [2.24, 2.45) is 0 Å². The molecule has 3 rings (SSSR count). The van der Waals surface area contributed by atoms with Crippen molar-refractivity contribution in [3.05, 3.63) is 93.8 Å². The van der Waals surface area contributed by atoms with Gasteiger partial charge in [-0.25, -0.2) is 9.37 Å². The van der Waals surface area contributed by atoms with Gasteiger partial charge in [-0.3, -0.25) is 9.36 Å². The zero-order valence-corrected chi connectivity index (χ0v) is 13.3. The number of halogens is 1. The van der Waals surface area contributed by atoms with E-state index in [0.29, 0.717) is 23.6 Å². The number of aromatic nitrogens is 2. The van der Waals surface area contributed by atoms with E-state index in [-0.39, 0.29) is 17.9 Å². The van der Waals surface area contributed by atoms with E-state index in [2.05, 4.69) is 4.98 Å². The van der Waals surface area contributed by atoms with Crippen LogP contribution in [0.4, 0.5) is 4.39 Å². The van der Waals surface area contributed by atoms with Gasteiger partial charge in [0.1, 0.15) is 18.8 Å². The van der Waals surface area contributed by atoms with E-state index >= 15 is 0 Å². The number of rotatable bonds is 5. The Morgan fingerprint density at radius 3 is 2.58 bits per heavy atom. The largest absolute Gasteiger partial charge is 0.472 e. The highest BCUT2D eigenvalue weighted by Gasteiger charge is 2.09. The monoisotopic (exact) mass is 324 g/mol. The number of ether oxygens (including phenoxy) is 1. The van der Waals surface area contributed by atoms with E-state index < -0.39 is 0 Å². The molecule has 0 atom stereocenters. The Balaban J connectivity index is 1.77. The third kappa shape index (κ3) is 3.68. The average Bonchev–Trinajstić information content (AvgIpc) is 2.59. The van der Waals surface area contributed by atoms with Crippen LogP contribution in [0.3, 0.4) is 0 Å². The van der Waals surface area contributed by atoms with Crippen molar-refractivity contribution >= 4 is 0 Å². The fourth-order valence-corrected chi connectivity index (χ4v) is 2.39. The van der Waals surface area contributed by atoms with Gasteiger partial charge in [-0.1, -0.05) is 42.5 Å². The lowest BCUT2D eigenvalue weighted by atomic mass is 10.2. The number of hydrogen-bond donors (Lipinski definition) is 0. The van der Waals surface area contributed by atoms with Crippen molar-refractivity contribution in [2.45, 2.75) is 20.1 Å². The molecule has 0 aliphatic heterocycles. The predicted molar refractivity (Wildman–Crippen MR) is 89.5 cm³/mol. The van der Waals surface area contributed by atoms with Gasteiger partial charge in [0.05, 0.1) is 12.1 Å². The molecule has 0 bridgehead atoms. The Morgan fingerprint density at radius 2 is 1.83 bits per heavy atom. The van der Waals surface area contributed by atoms with Crippen LogP contribution in [0.15, 0.2) is 65.7 Å². The lowest BCUT2D eigenvalue weighted by Crippen LogP contribution is -2.24. The van der Waals surface area contributed by atoms with Crippen molar-refractivity contribution in [1.82, 2.24) is 9.55 Å². The van der Waals surface area contributed by atoms with Gasteiger partial charge in [-0.05, 0) is 30.2 Å². The first-order valence-electron chi connectivity index (χ1n) is 7.60. The zero-order chi connectivity index (χ0) is 16.9. The maximum atomic E-state index is 13.3. The molecule has 4 nitrogen and oxygen atoms in total. The van der Waals surface area contributed by atoms with Gasteiger partial charge in [0.15, 0.2) is 0 Å². The van der Waals surface area contributed by atoms with E-state index in [4.69, 9.17) is 4.74 Å². The van der Waals surface area contributed by atoms with Gasteiger partial charge in [-0.2, -0.15) is 0 Å². The number of hydrogen-bond acceptors (Lipinski definition) is 3. The standard InChI is InChI=1S/C19H17FN2O2/c1-14-18(24-12-15-6-3-2-4-7-15)21-13-22(19(14)23)11-16-8-5-9-17(20)10-16/h2-10,13H,11-12H2,1H3. The third-order valence-corrected chi connectivity index (χ3v) is 3.68. The summed E-state index contributed by atoms with van der Waals surface area (Å²) in [6, 6.07) is 15.8. The van der Waals surface area contributed by atoms with Gasteiger partial charge >= 0.3 is 0 Å². The van der Waals surface area contributed by atoms with Gasteiger partial charge in [-0.15, -0.1) is 0 Å². The van der Waals surface area contributed by atoms with Crippen LogP contribution in [0.1, 0.15) is 16.7 Å². The molecule has 0 aliphatic rings. The number of nitrogens with zero attached hydrogens (tertiary/aromatic N) is 2. The van der Waals surface area contributed by atoms with Crippen LogP contribution in [0.5, 0.6) is 5.88 Å². The molecular weight excluding hydrogens is 307 g/mol. The Hall–Kier alpha value is -2.95. The summed E-state index contributed by atoms with van der Waals surface area (Å²) in [6.07, 6.45) is 1.43. The van der Waals surface area contributed by atoms with E-state index in [0.717, 1.165) is 5.56 Å². The highest BCUT2D eigenvalue weighted by molar-refractivity contribution is 5.23. The summed E-state index contributed by atoms with van der Waals surface area (Å²) in [5, 5.41) is 0. The van der Waals surface area contributed by atoms with E-state index in [9.17, 15) is 9.18 Å². The summed E-state index contributed by atoms with van der Waals surface area (Å²) in [4.78, 5) is 16.7. The SMILES string of the molecule is Cc1c(OCc2ccccc2)ncn(Cc2cccc(F)c2)c1=O. The first kappa shape index (κ1) is 15.9. The summed E-state index contributed by atoms with van der Waals surface area (Å²) in [6.45, 7) is 2.29. The fraction of sp³-hybridized carbons (Fsp3) is 0.158. The molecule has 0 fully saturated rings. The molecule has 0 N–H and O–H groups in total. The molecule has 0 amide bonds. The van der Waals surface area contributed by atoms with Crippen LogP contribution in [-0.4, -0.2) is 9.55 Å². The molecule has 1 aromatic heterocycles. The summed E-state index contributed by atoms with van der Waals surface area (Å²) in [5.41, 5.74) is 1.95. The van der Waals surface area contributed by atoms with Crippen molar-refractivity contribution < 1.29 is 9.13 Å². The minimum atomic E-state index is -0.326. The molecule has 0 saturated carbocycles. The molecule has 0 saturated heterocycles. The van der Waals surface area contributed by atoms with Gasteiger partial charge in [0, 0.05) is 0 Å². The molecule has 0 aliphatic carbocycles. The van der Waals surface area contributed by atoms with Gasteiger partial charge in [0.2, 0.25) is 5.88 Å². The maximum Gasteiger partial charge on any atom is 0.260 e. The summed E-state index contributed by atoms with van der Waals surface area (Å²) in [7, 11) is 0. The lowest BCUT2D eigenvalue weighted by Gasteiger charge is -2.11. The molecule has 24 heavy (non-hydrogen) atoms. The van der Waals surface area contributed by atoms with E-state index in [1.54, 1.807) is 19.1 Å². The molecule has 122 valence electrons. The van der Waals surface area contributed by atoms with Crippen LogP contribution in [0.2, 0.25) is 0 Å². The highest BCUT2D eigenvalue weighted by Crippen LogP contribution is 2.12. The molecule has 0 unspecified atom stereocenters. The number of benzene rings is 2. The quantitative estimate of drug-likeness (QED) is 0.723. The van der Waals surface area contributed by atoms with Crippen molar-refractivity contribution in [1.29, 1.82) is 0 Å². The third-order valence-electron chi connectivity index (χ3n) is 3.68. The Kier molecular flexibility index (Phi) is 4.70. The molecular formula is C19H17FN2O2. The topological polar surface area (TPSA) is 44.1 Å². The van der Waals surface area contributed by atoms with E-state index in [1.165, 1.54) is 23.0 Å². The van der Waals surface area contributed by atoms with Crippen molar-refractivity contribution in [3.63, 3.8) is 0 Å². The van der Waals surface area contributed by atoms with E-state index in [1.807, 2.05) is 30.3 Å². The lowest BCUT2D eigenvalue weighted by molar-refractivity contribution is 0.289. The summed E-state index contributed by atoms with van der Waals surface area (Å²) < 4.78 is 20.3. The molecule has 3 aromatic rings. The molecule has 5 heteroatoms. The summed E-state index contributed by atoms with van der Waals surface area (Å²) in [5.74, 6) is -0.00705. The second-order valence-corrected chi connectivity index (χ2v) is 5.51. The van der Waals surface area contributed by atoms with Crippen LogP contribution in [-0.2, 0) is 13.2 Å².